The summed E-state index contributed by atoms with van der Waals surface area (Å²) in [5.41, 5.74) is 5.73. The predicted octanol–water partition coefficient (Wildman–Crippen LogP) is 1.87. The van der Waals surface area contributed by atoms with E-state index >= 15 is 0 Å². The third-order valence-electron chi connectivity index (χ3n) is 5.63. The maximum atomic E-state index is 11.8. The van der Waals surface area contributed by atoms with Crippen LogP contribution in [0.15, 0.2) is 0 Å². The van der Waals surface area contributed by atoms with E-state index in [0.29, 0.717) is 23.8 Å². The minimum atomic E-state index is -0.560. The maximum Gasteiger partial charge on any atom is 0.376 e. The molecule has 1 aromatic rings. The summed E-state index contributed by atoms with van der Waals surface area (Å²) < 4.78 is 4.95. The van der Waals surface area contributed by atoms with Gasteiger partial charge in [0.15, 0.2) is 0 Å². The highest BCUT2D eigenvalue weighted by Crippen LogP contribution is 2.54. The van der Waals surface area contributed by atoms with Crippen LogP contribution in [0, 0.1) is 23.7 Å². The smallest absolute Gasteiger partial charge is 0.376 e. The van der Waals surface area contributed by atoms with Crippen LogP contribution in [0.5, 0.6) is 0 Å². The molecule has 1 aromatic heterocycles. The first-order valence-electron chi connectivity index (χ1n) is 8.57. The topological polar surface area (TPSA) is 103 Å². The highest BCUT2D eigenvalue weighted by atomic mass is 16.5. The zero-order valence-corrected chi connectivity index (χ0v) is 13.4. The summed E-state index contributed by atoms with van der Waals surface area (Å²) >= 11 is 0. The number of nitrogens with zero attached hydrogens (tertiary/aromatic N) is 3. The van der Waals surface area contributed by atoms with Gasteiger partial charge in [0.2, 0.25) is 17.7 Å². The van der Waals surface area contributed by atoms with E-state index in [-0.39, 0.29) is 18.4 Å². The number of ether oxygens (including phenoxy) is 1. The molecule has 0 radical (unpaired) electrons. The second kappa shape index (κ2) is 5.62. The molecule has 4 aliphatic carbocycles. The number of anilines is 2. The van der Waals surface area contributed by atoms with Gasteiger partial charge in [0.25, 0.3) is 0 Å². The third-order valence-corrected chi connectivity index (χ3v) is 5.63. The molecule has 4 saturated carbocycles. The summed E-state index contributed by atoms with van der Waals surface area (Å²) in [6, 6.07) is 0.389. The van der Waals surface area contributed by atoms with Crippen LogP contribution in [0.25, 0.3) is 0 Å². The van der Waals surface area contributed by atoms with E-state index in [0.717, 1.165) is 11.8 Å². The van der Waals surface area contributed by atoms with Crippen molar-refractivity contribution in [2.45, 2.75) is 45.1 Å². The normalized spacial score (nSPS) is 34.4. The molecule has 7 heteroatoms. The number of aromatic nitrogens is 3. The molecule has 4 aliphatic rings. The summed E-state index contributed by atoms with van der Waals surface area (Å²) in [4.78, 5) is 24.1. The van der Waals surface area contributed by atoms with Crippen molar-refractivity contribution in [2.75, 3.05) is 17.7 Å². The number of carbonyl (C=O) groups excluding carboxylic acids is 1. The molecule has 0 aliphatic heterocycles. The van der Waals surface area contributed by atoms with Gasteiger partial charge in [0, 0.05) is 6.04 Å². The predicted molar refractivity (Wildman–Crippen MR) is 84.7 cm³/mol. The summed E-state index contributed by atoms with van der Waals surface area (Å²) in [5.74, 6) is 3.07. The van der Waals surface area contributed by atoms with Crippen molar-refractivity contribution in [1.29, 1.82) is 0 Å². The number of hydrogen-bond donors (Lipinski definition) is 2. The lowest BCUT2D eigenvalue weighted by Gasteiger charge is -2.54. The molecular formula is C16H23N5O2. The van der Waals surface area contributed by atoms with E-state index in [1.807, 2.05) is 0 Å². The Labute approximate surface area is 135 Å². The van der Waals surface area contributed by atoms with Crippen LogP contribution in [0.3, 0.4) is 0 Å². The van der Waals surface area contributed by atoms with Gasteiger partial charge in [0.1, 0.15) is 0 Å². The summed E-state index contributed by atoms with van der Waals surface area (Å²) in [6.07, 6.45) is 6.63. The average molecular weight is 317 g/mol. The lowest BCUT2D eigenvalue weighted by molar-refractivity contribution is 0.00727. The van der Waals surface area contributed by atoms with Gasteiger partial charge in [-0.3, -0.25) is 0 Å². The number of hydrogen-bond acceptors (Lipinski definition) is 7. The molecule has 0 spiro atoms. The summed E-state index contributed by atoms with van der Waals surface area (Å²) in [7, 11) is 0. The lowest BCUT2D eigenvalue weighted by atomic mass is 9.54. The molecule has 5 rings (SSSR count). The number of nitrogens with one attached hydrogen (secondary N) is 1. The van der Waals surface area contributed by atoms with E-state index in [1.54, 1.807) is 6.92 Å². The van der Waals surface area contributed by atoms with Crippen LogP contribution in [0.2, 0.25) is 0 Å². The van der Waals surface area contributed by atoms with Crippen LogP contribution < -0.4 is 11.1 Å². The first-order chi connectivity index (χ1) is 11.1. The SMILES string of the molecule is CCOC(=O)c1nc(N)nc(NC2C3CC4CC(C3)CC2C4)n1. The molecule has 0 aromatic carbocycles. The van der Waals surface area contributed by atoms with Crippen molar-refractivity contribution in [3.63, 3.8) is 0 Å². The molecular weight excluding hydrogens is 294 g/mol. The first-order valence-corrected chi connectivity index (χ1v) is 8.57. The highest BCUT2D eigenvalue weighted by Gasteiger charge is 2.48. The van der Waals surface area contributed by atoms with Gasteiger partial charge in [-0.2, -0.15) is 15.0 Å². The largest absolute Gasteiger partial charge is 0.460 e. The first kappa shape index (κ1) is 14.7. The van der Waals surface area contributed by atoms with E-state index < -0.39 is 5.97 Å². The summed E-state index contributed by atoms with van der Waals surface area (Å²) in [6.45, 7) is 2.03. The van der Waals surface area contributed by atoms with Crippen molar-refractivity contribution in [3.8, 4) is 0 Å². The van der Waals surface area contributed by atoms with Crippen LogP contribution in [-0.2, 0) is 4.74 Å². The molecule has 7 nitrogen and oxygen atoms in total. The van der Waals surface area contributed by atoms with Gasteiger partial charge in [-0.05, 0) is 62.7 Å². The fourth-order valence-corrected chi connectivity index (χ4v) is 5.05. The minimum Gasteiger partial charge on any atom is -0.460 e. The monoisotopic (exact) mass is 317 g/mol. The minimum absolute atomic E-state index is 0.0225. The Morgan fingerprint density at radius 1 is 1.13 bits per heavy atom. The molecule has 4 bridgehead atoms. The van der Waals surface area contributed by atoms with Crippen molar-refractivity contribution in [2.24, 2.45) is 23.7 Å². The fourth-order valence-electron chi connectivity index (χ4n) is 5.05. The van der Waals surface area contributed by atoms with Crippen LogP contribution in [0.4, 0.5) is 11.9 Å². The number of nitrogens with two attached hydrogens (primary N) is 1. The standard InChI is InChI=1S/C16H23N5O2/c1-2-23-14(22)13-19-15(17)21-16(20-13)18-12-10-4-8-3-9(6-10)7-11(12)5-8/h8-12H,2-7H2,1H3,(H3,17,18,19,20,21). The van der Waals surface area contributed by atoms with Gasteiger partial charge < -0.3 is 15.8 Å². The van der Waals surface area contributed by atoms with Gasteiger partial charge >= 0.3 is 5.97 Å². The van der Waals surface area contributed by atoms with E-state index in [2.05, 4.69) is 20.3 Å². The molecule has 0 unspecified atom stereocenters. The lowest BCUT2D eigenvalue weighted by Crippen LogP contribution is -2.51. The van der Waals surface area contributed by atoms with Gasteiger partial charge in [-0.25, -0.2) is 4.79 Å². The van der Waals surface area contributed by atoms with Crippen molar-refractivity contribution >= 4 is 17.9 Å². The molecule has 23 heavy (non-hydrogen) atoms. The Bertz CT molecular complexity index is 592. The van der Waals surface area contributed by atoms with Crippen LogP contribution >= 0.6 is 0 Å². The number of rotatable bonds is 4. The van der Waals surface area contributed by atoms with Gasteiger partial charge in [0.05, 0.1) is 6.61 Å². The second-order valence-electron chi connectivity index (χ2n) is 7.16. The quantitative estimate of drug-likeness (QED) is 0.817. The molecule has 1 heterocycles. The Kier molecular flexibility index (Phi) is 3.58. The van der Waals surface area contributed by atoms with Crippen molar-refractivity contribution in [3.05, 3.63) is 5.82 Å². The molecule has 0 atom stereocenters. The number of carbonyl (C=O) groups is 1. The maximum absolute atomic E-state index is 11.8. The van der Waals surface area contributed by atoms with Crippen LogP contribution in [-0.4, -0.2) is 33.6 Å². The zero-order chi connectivity index (χ0) is 16.0. The van der Waals surface area contributed by atoms with E-state index in [9.17, 15) is 4.79 Å². The molecule has 3 N–H and O–H groups in total. The molecule has 0 saturated heterocycles. The van der Waals surface area contributed by atoms with Gasteiger partial charge in [-0.1, -0.05) is 0 Å². The molecule has 124 valence electrons. The fraction of sp³-hybridized carbons (Fsp3) is 0.750. The third kappa shape index (κ3) is 2.72. The Hall–Kier alpha value is -1.92. The second-order valence-corrected chi connectivity index (χ2v) is 7.16. The average Bonchev–Trinajstić information content (AvgIpc) is 2.50. The van der Waals surface area contributed by atoms with Crippen molar-refractivity contribution in [1.82, 2.24) is 15.0 Å². The van der Waals surface area contributed by atoms with Crippen molar-refractivity contribution < 1.29 is 9.53 Å². The van der Waals surface area contributed by atoms with E-state index in [4.69, 9.17) is 10.5 Å². The Morgan fingerprint density at radius 2 is 1.78 bits per heavy atom. The summed E-state index contributed by atoms with van der Waals surface area (Å²) in [5, 5.41) is 3.45. The Balaban J connectivity index is 1.53. The Morgan fingerprint density at radius 3 is 2.39 bits per heavy atom. The highest BCUT2D eigenvalue weighted by molar-refractivity contribution is 5.85. The molecule has 4 fully saturated rings. The number of esters is 1. The number of nitrogen functional groups attached to an aromatic ring is 1. The van der Waals surface area contributed by atoms with Crippen LogP contribution in [0.1, 0.15) is 49.6 Å². The zero-order valence-electron chi connectivity index (χ0n) is 13.4. The van der Waals surface area contributed by atoms with E-state index in [1.165, 1.54) is 32.1 Å². The van der Waals surface area contributed by atoms with Gasteiger partial charge in [-0.15, -0.1) is 0 Å². The molecule has 0 amide bonds.